The Morgan fingerprint density at radius 1 is 1.53 bits per heavy atom. The van der Waals surface area contributed by atoms with Crippen LogP contribution in [0.3, 0.4) is 0 Å². The minimum absolute atomic E-state index is 0.270. The third-order valence-corrected chi connectivity index (χ3v) is 2.72. The maximum absolute atomic E-state index is 12.9. The van der Waals surface area contributed by atoms with Crippen molar-refractivity contribution >= 4 is 11.0 Å². The highest BCUT2D eigenvalue weighted by molar-refractivity contribution is 5.75. The average Bonchev–Trinajstić information content (AvgIpc) is 2.61. The summed E-state index contributed by atoms with van der Waals surface area (Å²) in [5.74, 6) is 0.429. The van der Waals surface area contributed by atoms with Crippen LogP contribution in [-0.4, -0.2) is 9.97 Å². The number of fused-ring (bicyclic) bond motifs is 1. The number of aromatic amines is 1. The van der Waals surface area contributed by atoms with Gasteiger partial charge in [0.2, 0.25) is 0 Å². The van der Waals surface area contributed by atoms with Gasteiger partial charge in [-0.2, -0.15) is 0 Å². The van der Waals surface area contributed by atoms with Crippen molar-refractivity contribution < 1.29 is 4.39 Å². The van der Waals surface area contributed by atoms with E-state index in [0.717, 1.165) is 11.9 Å². The van der Waals surface area contributed by atoms with E-state index in [0.29, 0.717) is 11.3 Å². The topological polar surface area (TPSA) is 54.7 Å². The summed E-state index contributed by atoms with van der Waals surface area (Å²) < 4.78 is 12.9. The maximum atomic E-state index is 12.9. The fraction of sp³-hybridized carbons (Fsp3) is 0.364. The van der Waals surface area contributed by atoms with E-state index in [2.05, 4.69) is 9.97 Å². The van der Waals surface area contributed by atoms with Crippen molar-refractivity contribution in [2.45, 2.75) is 25.8 Å². The SMILES string of the molecule is CCC(C)(N)c1nc2ccc(F)cc2[nH]1. The molecule has 0 saturated heterocycles. The van der Waals surface area contributed by atoms with Gasteiger partial charge in [-0.15, -0.1) is 0 Å². The second-order valence-electron chi connectivity index (χ2n) is 4.02. The van der Waals surface area contributed by atoms with E-state index < -0.39 is 5.54 Å². The number of rotatable bonds is 2. The quantitative estimate of drug-likeness (QED) is 0.793. The van der Waals surface area contributed by atoms with Crippen LogP contribution in [-0.2, 0) is 5.54 Å². The van der Waals surface area contributed by atoms with E-state index >= 15 is 0 Å². The van der Waals surface area contributed by atoms with Gasteiger partial charge in [0.1, 0.15) is 11.6 Å². The second-order valence-corrected chi connectivity index (χ2v) is 4.02. The largest absolute Gasteiger partial charge is 0.340 e. The van der Waals surface area contributed by atoms with Crippen LogP contribution in [0.4, 0.5) is 4.39 Å². The number of halogens is 1. The Kier molecular flexibility index (Phi) is 2.23. The van der Waals surface area contributed by atoms with Crippen molar-refractivity contribution in [3.8, 4) is 0 Å². The Bertz CT molecular complexity index is 488. The predicted molar refractivity (Wildman–Crippen MR) is 57.9 cm³/mol. The van der Waals surface area contributed by atoms with Crippen LogP contribution in [0.2, 0.25) is 0 Å². The lowest BCUT2D eigenvalue weighted by Gasteiger charge is -2.19. The number of nitrogens with one attached hydrogen (secondary N) is 1. The molecule has 0 saturated carbocycles. The molecule has 0 amide bonds. The van der Waals surface area contributed by atoms with Gasteiger partial charge >= 0.3 is 0 Å². The van der Waals surface area contributed by atoms with Crippen LogP contribution in [0, 0.1) is 5.82 Å². The van der Waals surface area contributed by atoms with Gasteiger partial charge in [0.05, 0.1) is 16.6 Å². The molecular weight excluding hydrogens is 193 g/mol. The first kappa shape index (κ1) is 10.1. The lowest BCUT2D eigenvalue weighted by molar-refractivity contribution is 0.451. The zero-order valence-corrected chi connectivity index (χ0v) is 8.84. The minimum atomic E-state index is -0.491. The molecule has 3 N–H and O–H groups in total. The Morgan fingerprint density at radius 3 is 2.93 bits per heavy atom. The molecule has 2 aromatic rings. The molecule has 3 nitrogen and oxygen atoms in total. The van der Waals surface area contributed by atoms with Crippen molar-refractivity contribution in [3.05, 3.63) is 29.8 Å². The number of nitrogens with two attached hydrogens (primary N) is 1. The molecule has 1 aromatic heterocycles. The number of hydrogen-bond acceptors (Lipinski definition) is 2. The lowest BCUT2D eigenvalue weighted by atomic mass is 10.0. The Balaban J connectivity index is 2.56. The number of nitrogens with zero attached hydrogens (tertiary/aromatic N) is 1. The molecule has 2 rings (SSSR count). The number of imidazole rings is 1. The van der Waals surface area contributed by atoms with Crippen LogP contribution in [0.25, 0.3) is 11.0 Å². The first-order chi connectivity index (χ1) is 7.03. The molecule has 0 aliphatic heterocycles. The number of hydrogen-bond donors (Lipinski definition) is 2. The van der Waals surface area contributed by atoms with E-state index in [9.17, 15) is 4.39 Å². The summed E-state index contributed by atoms with van der Waals surface area (Å²) in [6, 6.07) is 4.47. The van der Waals surface area contributed by atoms with Gasteiger partial charge in [-0.1, -0.05) is 6.92 Å². The maximum Gasteiger partial charge on any atom is 0.127 e. The van der Waals surface area contributed by atoms with Crippen LogP contribution >= 0.6 is 0 Å². The van der Waals surface area contributed by atoms with Crippen LogP contribution in [0.15, 0.2) is 18.2 Å². The Morgan fingerprint density at radius 2 is 2.27 bits per heavy atom. The molecule has 0 bridgehead atoms. The summed E-state index contributed by atoms with van der Waals surface area (Å²) in [6.07, 6.45) is 0.773. The molecule has 0 aliphatic rings. The van der Waals surface area contributed by atoms with E-state index in [1.165, 1.54) is 12.1 Å². The highest BCUT2D eigenvalue weighted by Crippen LogP contribution is 2.21. The van der Waals surface area contributed by atoms with Crippen molar-refractivity contribution in [1.82, 2.24) is 9.97 Å². The molecule has 15 heavy (non-hydrogen) atoms. The average molecular weight is 207 g/mol. The normalized spacial score (nSPS) is 15.5. The monoisotopic (exact) mass is 207 g/mol. The predicted octanol–water partition coefficient (Wildman–Crippen LogP) is 2.29. The van der Waals surface area contributed by atoms with Gasteiger partial charge in [0.25, 0.3) is 0 Å². The van der Waals surface area contributed by atoms with Gasteiger partial charge in [0, 0.05) is 0 Å². The number of aromatic nitrogens is 2. The first-order valence-corrected chi connectivity index (χ1v) is 4.97. The third kappa shape index (κ3) is 1.72. The standard InChI is InChI=1S/C11H14FN3/c1-3-11(2,13)10-14-8-5-4-7(12)6-9(8)15-10/h4-6H,3,13H2,1-2H3,(H,14,15). The molecule has 80 valence electrons. The van der Waals surface area contributed by atoms with Crippen molar-refractivity contribution in [2.24, 2.45) is 5.73 Å². The van der Waals surface area contributed by atoms with E-state index in [-0.39, 0.29) is 5.82 Å². The summed E-state index contributed by atoms with van der Waals surface area (Å²) in [5.41, 5.74) is 7.00. The fourth-order valence-corrected chi connectivity index (χ4v) is 1.42. The summed E-state index contributed by atoms with van der Waals surface area (Å²) in [5, 5.41) is 0. The fourth-order valence-electron chi connectivity index (χ4n) is 1.42. The lowest BCUT2D eigenvalue weighted by Crippen LogP contribution is -2.33. The smallest absolute Gasteiger partial charge is 0.127 e. The summed E-state index contributed by atoms with van der Waals surface area (Å²) in [6.45, 7) is 3.90. The van der Waals surface area contributed by atoms with Gasteiger partial charge in [-0.3, -0.25) is 0 Å². The van der Waals surface area contributed by atoms with E-state index in [1.807, 2.05) is 13.8 Å². The number of benzene rings is 1. The van der Waals surface area contributed by atoms with Crippen LogP contribution in [0.1, 0.15) is 26.1 Å². The summed E-state index contributed by atoms with van der Waals surface area (Å²) in [4.78, 5) is 7.40. The summed E-state index contributed by atoms with van der Waals surface area (Å²) in [7, 11) is 0. The molecule has 4 heteroatoms. The molecule has 0 radical (unpaired) electrons. The molecule has 1 aromatic carbocycles. The highest BCUT2D eigenvalue weighted by atomic mass is 19.1. The van der Waals surface area contributed by atoms with Gasteiger partial charge in [0.15, 0.2) is 0 Å². The minimum Gasteiger partial charge on any atom is -0.340 e. The second kappa shape index (κ2) is 3.31. The van der Waals surface area contributed by atoms with Crippen molar-refractivity contribution in [3.63, 3.8) is 0 Å². The first-order valence-electron chi connectivity index (χ1n) is 4.97. The van der Waals surface area contributed by atoms with Crippen LogP contribution < -0.4 is 5.73 Å². The summed E-state index contributed by atoms with van der Waals surface area (Å²) >= 11 is 0. The molecule has 0 aliphatic carbocycles. The Hall–Kier alpha value is -1.42. The van der Waals surface area contributed by atoms with Gasteiger partial charge in [-0.25, -0.2) is 9.37 Å². The van der Waals surface area contributed by atoms with E-state index in [1.54, 1.807) is 6.07 Å². The highest BCUT2D eigenvalue weighted by Gasteiger charge is 2.22. The number of H-pyrrole nitrogens is 1. The zero-order chi connectivity index (χ0) is 11.1. The third-order valence-electron chi connectivity index (χ3n) is 2.72. The van der Waals surface area contributed by atoms with Crippen LogP contribution in [0.5, 0.6) is 0 Å². The molecular formula is C11H14FN3. The van der Waals surface area contributed by atoms with Crippen molar-refractivity contribution in [1.29, 1.82) is 0 Å². The zero-order valence-electron chi connectivity index (χ0n) is 8.84. The molecule has 1 atom stereocenters. The van der Waals surface area contributed by atoms with Gasteiger partial charge < -0.3 is 10.7 Å². The molecule has 0 spiro atoms. The van der Waals surface area contributed by atoms with Crippen molar-refractivity contribution in [2.75, 3.05) is 0 Å². The molecule has 1 unspecified atom stereocenters. The Labute approximate surface area is 87.5 Å². The van der Waals surface area contributed by atoms with Gasteiger partial charge in [-0.05, 0) is 31.5 Å². The molecule has 1 heterocycles. The van der Waals surface area contributed by atoms with E-state index in [4.69, 9.17) is 5.73 Å². The molecule has 0 fully saturated rings.